The van der Waals surface area contributed by atoms with E-state index in [1.807, 2.05) is 24.3 Å². The van der Waals surface area contributed by atoms with Gasteiger partial charge >= 0.3 is 0 Å². The Morgan fingerprint density at radius 2 is 2.18 bits per heavy atom. The van der Waals surface area contributed by atoms with Gasteiger partial charge in [-0.2, -0.15) is 4.98 Å². The van der Waals surface area contributed by atoms with Gasteiger partial charge in [-0.1, -0.05) is 12.1 Å². The first-order chi connectivity index (χ1) is 10.9. The van der Waals surface area contributed by atoms with E-state index in [0.29, 0.717) is 18.4 Å². The minimum Gasteiger partial charge on any atom is -0.490 e. The zero-order valence-electron chi connectivity index (χ0n) is 12.5. The molecule has 114 valence electrons. The highest BCUT2D eigenvalue weighted by atomic mass is 16.5. The summed E-state index contributed by atoms with van der Waals surface area (Å²) in [5, 5.41) is 3.35. The van der Waals surface area contributed by atoms with Gasteiger partial charge in [-0.3, -0.25) is 0 Å². The summed E-state index contributed by atoms with van der Waals surface area (Å²) in [7, 11) is 1.67. The van der Waals surface area contributed by atoms with E-state index in [-0.39, 0.29) is 0 Å². The van der Waals surface area contributed by atoms with Crippen LogP contribution in [0.2, 0.25) is 0 Å². The Kier molecular flexibility index (Phi) is 3.31. The van der Waals surface area contributed by atoms with Crippen molar-refractivity contribution in [2.75, 3.05) is 31.7 Å². The molecular weight excluding hydrogens is 280 g/mol. The van der Waals surface area contributed by atoms with E-state index in [1.54, 1.807) is 7.11 Å². The fourth-order valence-corrected chi connectivity index (χ4v) is 2.98. The average Bonchev–Trinajstić information content (AvgIpc) is 2.60. The highest BCUT2D eigenvalue weighted by Crippen LogP contribution is 2.36. The molecule has 22 heavy (non-hydrogen) atoms. The van der Waals surface area contributed by atoms with E-state index >= 15 is 0 Å². The molecule has 1 aromatic heterocycles. The lowest BCUT2D eigenvalue weighted by Crippen LogP contribution is -2.32. The number of para-hydroxylation sites is 2. The van der Waals surface area contributed by atoms with Crippen molar-refractivity contribution in [1.29, 1.82) is 0 Å². The number of hydrogen-bond acceptors (Lipinski definition) is 6. The van der Waals surface area contributed by atoms with Crippen molar-refractivity contribution >= 4 is 11.6 Å². The summed E-state index contributed by atoms with van der Waals surface area (Å²) in [5.74, 6) is 2.23. The zero-order chi connectivity index (χ0) is 14.9. The second kappa shape index (κ2) is 5.46. The maximum atomic E-state index is 5.70. The molecule has 3 heterocycles. The number of anilines is 2. The Balaban J connectivity index is 1.80. The number of hydrogen-bond donors (Lipinski definition) is 1. The molecule has 0 saturated carbocycles. The first kappa shape index (κ1) is 13.3. The Bertz CT molecular complexity index is 687. The van der Waals surface area contributed by atoms with Crippen LogP contribution in [0.4, 0.5) is 11.6 Å². The van der Waals surface area contributed by atoms with Gasteiger partial charge < -0.3 is 19.7 Å². The summed E-state index contributed by atoms with van der Waals surface area (Å²) in [5.41, 5.74) is 3.14. The summed E-state index contributed by atoms with van der Waals surface area (Å²) >= 11 is 0. The third kappa shape index (κ3) is 2.16. The number of aromatic nitrogens is 2. The molecule has 0 fully saturated rings. The third-order valence-corrected chi connectivity index (χ3v) is 4.05. The van der Waals surface area contributed by atoms with E-state index in [0.717, 1.165) is 48.7 Å². The minimum atomic E-state index is 0.623. The monoisotopic (exact) mass is 298 g/mol. The van der Waals surface area contributed by atoms with E-state index in [9.17, 15) is 0 Å². The average molecular weight is 298 g/mol. The summed E-state index contributed by atoms with van der Waals surface area (Å²) in [6.45, 7) is 3.05. The molecule has 0 atom stereocenters. The second-order valence-corrected chi connectivity index (χ2v) is 5.35. The Hall–Kier alpha value is -2.34. The highest BCUT2D eigenvalue weighted by molar-refractivity contribution is 5.67. The van der Waals surface area contributed by atoms with Crippen molar-refractivity contribution in [1.82, 2.24) is 15.3 Å². The first-order valence-corrected chi connectivity index (χ1v) is 7.50. The van der Waals surface area contributed by atoms with Crippen LogP contribution in [-0.4, -0.2) is 36.8 Å². The van der Waals surface area contributed by atoms with Gasteiger partial charge in [0.05, 0.1) is 25.0 Å². The predicted molar refractivity (Wildman–Crippen MR) is 82.9 cm³/mol. The van der Waals surface area contributed by atoms with E-state index in [4.69, 9.17) is 14.5 Å². The van der Waals surface area contributed by atoms with E-state index in [2.05, 4.69) is 15.2 Å². The smallest absolute Gasteiger partial charge is 0.233 e. The number of nitrogens with one attached hydrogen (secondary N) is 1. The Morgan fingerprint density at radius 3 is 3.09 bits per heavy atom. The number of benzene rings is 1. The van der Waals surface area contributed by atoms with Crippen LogP contribution in [0, 0.1) is 0 Å². The molecule has 0 saturated heterocycles. The lowest BCUT2D eigenvalue weighted by atomic mass is 10.1. The summed E-state index contributed by atoms with van der Waals surface area (Å²) < 4.78 is 11.2. The molecule has 6 heteroatoms. The van der Waals surface area contributed by atoms with Crippen molar-refractivity contribution in [3.05, 3.63) is 35.5 Å². The molecule has 0 spiro atoms. The predicted octanol–water partition coefficient (Wildman–Crippen LogP) is 1.66. The van der Waals surface area contributed by atoms with Gasteiger partial charge in [0.15, 0.2) is 0 Å². The number of nitrogens with zero attached hydrogens (tertiary/aromatic N) is 3. The molecule has 2 aromatic rings. The maximum absolute atomic E-state index is 5.70. The summed E-state index contributed by atoms with van der Waals surface area (Å²) in [4.78, 5) is 11.5. The molecular formula is C16H18N4O2. The minimum absolute atomic E-state index is 0.623. The fraction of sp³-hybridized carbons (Fsp3) is 0.375. The standard InChI is InChI=1S/C16H18N4O2/c1-21-15-11-6-7-17-10-12(11)18-16(19-15)20-8-9-22-14-5-3-2-4-13(14)20/h2-5,17H,6-10H2,1H3. The van der Waals surface area contributed by atoms with Gasteiger partial charge in [0.1, 0.15) is 12.4 Å². The van der Waals surface area contributed by atoms with Gasteiger partial charge in [-0.05, 0) is 25.1 Å². The van der Waals surface area contributed by atoms with Crippen molar-refractivity contribution in [3.8, 4) is 11.6 Å². The molecule has 6 nitrogen and oxygen atoms in total. The summed E-state index contributed by atoms with van der Waals surface area (Å²) in [6, 6.07) is 7.97. The Morgan fingerprint density at radius 1 is 1.27 bits per heavy atom. The van der Waals surface area contributed by atoms with E-state index in [1.165, 1.54) is 0 Å². The van der Waals surface area contributed by atoms with Crippen LogP contribution in [0.3, 0.4) is 0 Å². The molecule has 2 aliphatic rings. The first-order valence-electron chi connectivity index (χ1n) is 7.50. The van der Waals surface area contributed by atoms with Crippen molar-refractivity contribution in [3.63, 3.8) is 0 Å². The van der Waals surface area contributed by atoms with Crippen LogP contribution in [0.1, 0.15) is 11.3 Å². The quantitative estimate of drug-likeness (QED) is 0.910. The fourth-order valence-electron chi connectivity index (χ4n) is 2.98. The molecule has 0 radical (unpaired) electrons. The topological polar surface area (TPSA) is 59.5 Å². The SMILES string of the molecule is COc1nc(N2CCOc3ccccc32)nc2c1CCNC2. The van der Waals surface area contributed by atoms with Crippen LogP contribution < -0.4 is 19.7 Å². The molecule has 0 bridgehead atoms. The van der Waals surface area contributed by atoms with Crippen LogP contribution in [0.15, 0.2) is 24.3 Å². The largest absolute Gasteiger partial charge is 0.490 e. The van der Waals surface area contributed by atoms with Crippen molar-refractivity contribution in [2.45, 2.75) is 13.0 Å². The molecule has 0 unspecified atom stereocenters. The molecule has 1 aromatic carbocycles. The zero-order valence-corrected chi connectivity index (χ0v) is 12.5. The summed E-state index contributed by atoms with van der Waals surface area (Å²) in [6.07, 6.45) is 0.901. The third-order valence-electron chi connectivity index (χ3n) is 4.05. The Labute approximate surface area is 129 Å². The van der Waals surface area contributed by atoms with Gasteiger partial charge in [-0.15, -0.1) is 0 Å². The molecule has 4 rings (SSSR count). The van der Waals surface area contributed by atoms with Crippen LogP contribution >= 0.6 is 0 Å². The van der Waals surface area contributed by atoms with Gasteiger partial charge in [0, 0.05) is 12.1 Å². The van der Waals surface area contributed by atoms with Gasteiger partial charge in [0.25, 0.3) is 0 Å². The molecule has 0 aliphatic carbocycles. The second-order valence-electron chi connectivity index (χ2n) is 5.35. The van der Waals surface area contributed by atoms with Crippen molar-refractivity contribution < 1.29 is 9.47 Å². The van der Waals surface area contributed by atoms with Crippen LogP contribution in [0.25, 0.3) is 0 Å². The highest BCUT2D eigenvalue weighted by Gasteiger charge is 2.25. The van der Waals surface area contributed by atoms with E-state index < -0.39 is 0 Å². The van der Waals surface area contributed by atoms with Gasteiger partial charge in [0.2, 0.25) is 11.8 Å². The number of ether oxygens (including phenoxy) is 2. The normalized spacial score (nSPS) is 16.5. The lowest BCUT2D eigenvalue weighted by molar-refractivity contribution is 0.312. The van der Waals surface area contributed by atoms with Crippen molar-refractivity contribution in [2.24, 2.45) is 0 Å². The maximum Gasteiger partial charge on any atom is 0.233 e. The number of methoxy groups -OCH3 is 1. The molecule has 2 aliphatic heterocycles. The van der Waals surface area contributed by atoms with Gasteiger partial charge in [-0.25, -0.2) is 4.98 Å². The van der Waals surface area contributed by atoms with Crippen LogP contribution in [-0.2, 0) is 13.0 Å². The molecule has 0 amide bonds. The number of fused-ring (bicyclic) bond motifs is 2. The number of rotatable bonds is 2. The lowest BCUT2D eigenvalue weighted by Gasteiger charge is -2.30. The molecule has 1 N–H and O–H groups in total. The van der Waals surface area contributed by atoms with Crippen LogP contribution in [0.5, 0.6) is 11.6 Å².